The average molecular weight is 297 g/mol. The summed E-state index contributed by atoms with van der Waals surface area (Å²) >= 11 is 0. The van der Waals surface area contributed by atoms with Gasteiger partial charge in [0, 0.05) is 47.5 Å². The second kappa shape index (κ2) is 16.2. The lowest BCUT2D eigenvalue weighted by Crippen LogP contribution is -2.34. The Kier molecular flexibility index (Phi) is 18.6. The van der Waals surface area contributed by atoms with Crippen LogP contribution in [0.3, 0.4) is 0 Å². The van der Waals surface area contributed by atoms with E-state index in [-0.39, 0.29) is 8.41 Å². The number of anilines is 1. The topological polar surface area (TPSA) is 84.1 Å². The van der Waals surface area contributed by atoms with Gasteiger partial charge in [-0.2, -0.15) is 10.2 Å². The van der Waals surface area contributed by atoms with Crippen LogP contribution in [0.1, 0.15) is 27.7 Å². The van der Waals surface area contributed by atoms with Crippen molar-refractivity contribution in [3.05, 3.63) is 12.4 Å². The normalized spacial score (nSPS) is 8.71. The first-order chi connectivity index (χ1) is 9.54. The van der Waals surface area contributed by atoms with Crippen molar-refractivity contribution in [1.82, 2.24) is 15.2 Å². The molecule has 0 saturated carbocycles. The summed E-state index contributed by atoms with van der Waals surface area (Å²) in [4.78, 5) is 13.8. The second-order valence-electron chi connectivity index (χ2n) is 3.20. The summed E-state index contributed by atoms with van der Waals surface area (Å²) in [6.45, 7) is 8.28. The van der Waals surface area contributed by atoms with Gasteiger partial charge in [-0.15, -0.1) is 0 Å². The van der Waals surface area contributed by atoms with Gasteiger partial charge in [0.1, 0.15) is 0 Å². The van der Waals surface area contributed by atoms with Crippen LogP contribution >= 0.6 is 0 Å². The van der Waals surface area contributed by atoms with Crippen LogP contribution in [0.5, 0.6) is 0 Å². The Morgan fingerprint density at radius 1 is 1.52 bits per heavy atom. The lowest BCUT2D eigenvalue weighted by molar-refractivity contribution is -0.141. The number of rotatable bonds is 4. The van der Waals surface area contributed by atoms with E-state index in [1.807, 2.05) is 45.3 Å². The van der Waals surface area contributed by atoms with Crippen molar-refractivity contribution in [2.24, 2.45) is 17.4 Å². The van der Waals surface area contributed by atoms with Crippen LogP contribution in [0.15, 0.2) is 22.8 Å². The third-order valence-corrected chi connectivity index (χ3v) is 1.84. The maximum atomic E-state index is 9.83. The lowest BCUT2D eigenvalue weighted by Gasteiger charge is -2.18. The van der Waals surface area contributed by atoms with Gasteiger partial charge in [0.15, 0.2) is 0 Å². The molecule has 3 radical (unpaired) electrons. The van der Waals surface area contributed by atoms with Crippen molar-refractivity contribution in [1.29, 1.82) is 0 Å². The number of carbonyl (C=O) groups is 1. The van der Waals surface area contributed by atoms with E-state index in [1.165, 1.54) is 14.0 Å². The van der Waals surface area contributed by atoms with E-state index in [9.17, 15) is 4.79 Å². The first kappa shape index (κ1) is 24.1. The molecular weight excluding hydrogens is 271 g/mol. The Morgan fingerprint density at radius 3 is 2.33 bits per heavy atom. The van der Waals surface area contributed by atoms with E-state index >= 15 is 0 Å². The van der Waals surface area contributed by atoms with E-state index in [2.05, 4.69) is 32.7 Å². The predicted octanol–water partition coefficient (Wildman–Crippen LogP) is 1.57. The SMILES string of the molecule is CC.CCN(NC)c1cnn(C)c1.CN=NOC(C)=O.[B]. The predicted molar refractivity (Wildman–Crippen MR) is 84.9 cm³/mol. The molecule has 1 heterocycles. The molecule has 0 aromatic carbocycles. The Labute approximate surface area is 129 Å². The number of hydrazine groups is 1. The summed E-state index contributed by atoms with van der Waals surface area (Å²) in [5, 5.41) is 12.2. The largest absolute Gasteiger partial charge is 0.333 e. The summed E-state index contributed by atoms with van der Waals surface area (Å²) in [5.41, 5.74) is 4.16. The Hall–Kier alpha value is -1.90. The molecule has 1 N–H and O–H groups in total. The van der Waals surface area contributed by atoms with Gasteiger partial charge < -0.3 is 9.85 Å². The zero-order valence-electron chi connectivity index (χ0n) is 14.0. The van der Waals surface area contributed by atoms with Crippen molar-refractivity contribution in [3.8, 4) is 0 Å². The zero-order valence-corrected chi connectivity index (χ0v) is 14.0. The first-order valence-corrected chi connectivity index (χ1v) is 6.45. The monoisotopic (exact) mass is 297 g/mol. The molecule has 119 valence electrons. The van der Waals surface area contributed by atoms with Gasteiger partial charge in [0.2, 0.25) is 0 Å². The number of aryl methyl sites for hydroxylation is 1. The van der Waals surface area contributed by atoms with Crippen molar-refractivity contribution in [2.75, 3.05) is 25.6 Å². The smallest absolute Gasteiger partial charge is 0.306 e. The number of carbonyl (C=O) groups excluding carboxylic acids is 1. The third kappa shape index (κ3) is 12.9. The van der Waals surface area contributed by atoms with E-state index < -0.39 is 5.97 Å². The van der Waals surface area contributed by atoms with Gasteiger partial charge in [0.25, 0.3) is 0 Å². The molecule has 9 heteroatoms. The molecule has 0 fully saturated rings. The highest BCUT2D eigenvalue weighted by Gasteiger charge is 2.01. The average Bonchev–Trinajstić information content (AvgIpc) is 2.87. The van der Waals surface area contributed by atoms with Gasteiger partial charge in [-0.1, -0.05) is 13.8 Å². The van der Waals surface area contributed by atoms with Crippen LogP contribution in [-0.4, -0.2) is 44.8 Å². The lowest BCUT2D eigenvalue weighted by atomic mass is 10.5. The summed E-state index contributed by atoms with van der Waals surface area (Å²) < 4.78 is 1.79. The van der Waals surface area contributed by atoms with Crippen LogP contribution in [-0.2, 0) is 16.7 Å². The zero-order chi connectivity index (χ0) is 16.0. The number of nitrogens with one attached hydrogen (secondary N) is 1. The first-order valence-electron chi connectivity index (χ1n) is 6.45. The Balaban J connectivity index is -0.000000285. The fourth-order valence-corrected chi connectivity index (χ4v) is 1.12. The molecule has 1 aromatic heterocycles. The number of nitrogens with zero attached hydrogens (tertiary/aromatic N) is 5. The quantitative estimate of drug-likeness (QED) is 0.518. The minimum Gasteiger partial charge on any atom is -0.306 e. The van der Waals surface area contributed by atoms with E-state index in [1.54, 1.807) is 4.68 Å². The highest BCUT2D eigenvalue weighted by atomic mass is 16.7. The van der Waals surface area contributed by atoms with E-state index in [0.717, 1.165) is 12.2 Å². The number of hydrogen-bond acceptors (Lipinski definition) is 7. The fraction of sp³-hybridized carbons (Fsp3) is 0.667. The van der Waals surface area contributed by atoms with Crippen LogP contribution in [0.25, 0.3) is 0 Å². The third-order valence-electron chi connectivity index (χ3n) is 1.84. The highest BCUT2D eigenvalue weighted by Crippen LogP contribution is 2.07. The molecule has 0 unspecified atom stereocenters. The van der Waals surface area contributed by atoms with Crippen molar-refractivity contribution < 1.29 is 9.63 Å². The van der Waals surface area contributed by atoms with Gasteiger partial charge in [-0.25, -0.2) is 10.2 Å². The maximum absolute atomic E-state index is 9.83. The molecule has 0 spiro atoms. The molecule has 0 atom stereocenters. The molecule has 0 bridgehead atoms. The second-order valence-corrected chi connectivity index (χ2v) is 3.20. The van der Waals surface area contributed by atoms with E-state index in [4.69, 9.17) is 0 Å². The molecule has 0 saturated heterocycles. The molecule has 0 aliphatic heterocycles. The minimum atomic E-state index is -0.453. The number of hydrogen-bond donors (Lipinski definition) is 1. The van der Waals surface area contributed by atoms with Crippen LogP contribution in [0, 0.1) is 0 Å². The standard InChI is InChI=1S/C7H14N4.C3H6N2O2.C2H6.B/c1-4-11(8-2)7-5-9-10(3)6-7;1-3(6)7-5-4-2;1-2;/h5-6,8H,4H2,1-3H3;1-2H3;1-2H3;. The highest BCUT2D eigenvalue weighted by molar-refractivity contribution is 5.75. The Morgan fingerprint density at radius 2 is 2.10 bits per heavy atom. The Bertz CT molecular complexity index is 380. The molecule has 1 aromatic rings. The summed E-state index contributed by atoms with van der Waals surface area (Å²) in [6, 6.07) is 0. The van der Waals surface area contributed by atoms with Gasteiger partial charge >= 0.3 is 5.97 Å². The van der Waals surface area contributed by atoms with Crippen LogP contribution < -0.4 is 10.4 Å². The maximum Gasteiger partial charge on any atom is 0.333 e. The molecule has 21 heavy (non-hydrogen) atoms. The van der Waals surface area contributed by atoms with Gasteiger partial charge in [-0.05, 0) is 6.92 Å². The minimum absolute atomic E-state index is 0. The fourth-order valence-electron chi connectivity index (χ4n) is 1.12. The molecule has 1 rings (SSSR count). The summed E-state index contributed by atoms with van der Waals surface area (Å²) in [6.07, 6.45) is 3.81. The van der Waals surface area contributed by atoms with Crippen LogP contribution in [0.2, 0.25) is 0 Å². The summed E-state index contributed by atoms with van der Waals surface area (Å²) in [7, 11) is 5.23. The van der Waals surface area contributed by atoms with Gasteiger partial charge in [-0.3, -0.25) is 4.68 Å². The van der Waals surface area contributed by atoms with E-state index in [0.29, 0.717) is 0 Å². The van der Waals surface area contributed by atoms with Crippen molar-refractivity contribution >= 4 is 20.1 Å². The van der Waals surface area contributed by atoms with Crippen molar-refractivity contribution in [2.45, 2.75) is 27.7 Å². The van der Waals surface area contributed by atoms with Crippen LogP contribution in [0.4, 0.5) is 5.69 Å². The number of aromatic nitrogens is 2. The van der Waals surface area contributed by atoms with Crippen molar-refractivity contribution in [3.63, 3.8) is 0 Å². The molecule has 0 amide bonds. The van der Waals surface area contributed by atoms with Gasteiger partial charge in [0.05, 0.1) is 18.9 Å². The molecule has 0 aliphatic carbocycles. The molecule has 8 nitrogen and oxygen atoms in total. The summed E-state index contributed by atoms with van der Waals surface area (Å²) in [5.74, 6) is -0.453. The molecule has 0 aliphatic rings. The molecular formula is C12H26BN6O2.